The van der Waals surface area contributed by atoms with Crippen LogP contribution in [0, 0.1) is 5.41 Å². The Hall–Kier alpha value is -1.62. The lowest BCUT2D eigenvalue weighted by Crippen LogP contribution is -2.65. The van der Waals surface area contributed by atoms with Gasteiger partial charge in [0.25, 0.3) is 11.5 Å². The molecule has 132 valence electrons. The van der Waals surface area contributed by atoms with Crippen LogP contribution < -0.4 is 5.56 Å². The van der Waals surface area contributed by atoms with Crippen molar-refractivity contribution in [2.45, 2.75) is 57.6 Å². The Morgan fingerprint density at radius 3 is 2.71 bits per heavy atom. The summed E-state index contributed by atoms with van der Waals surface area (Å²) < 4.78 is 7.46. The first-order chi connectivity index (χ1) is 11.5. The summed E-state index contributed by atoms with van der Waals surface area (Å²) in [6.07, 6.45) is 8.81. The molecule has 0 aromatic carbocycles. The van der Waals surface area contributed by atoms with Crippen LogP contribution >= 0.6 is 0 Å². The van der Waals surface area contributed by atoms with E-state index in [0.717, 1.165) is 25.9 Å². The summed E-state index contributed by atoms with van der Waals surface area (Å²) in [6.45, 7) is 2.77. The molecule has 1 amide bonds. The summed E-state index contributed by atoms with van der Waals surface area (Å²) in [7, 11) is 3.57. The van der Waals surface area contributed by atoms with Crippen molar-refractivity contribution in [2.75, 3.05) is 13.7 Å². The summed E-state index contributed by atoms with van der Waals surface area (Å²) in [6, 6.07) is 3.38. The minimum Gasteiger partial charge on any atom is -0.378 e. The van der Waals surface area contributed by atoms with Crippen LogP contribution in [0.5, 0.6) is 0 Å². The summed E-state index contributed by atoms with van der Waals surface area (Å²) in [5, 5.41) is 0. The molecular formula is C19H28N2O3. The molecule has 1 aromatic rings. The Bertz CT molecular complexity index is 661. The number of hydrogen-bond donors (Lipinski definition) is 0. The fourth-order valence-electron chi connectivity index (χ4n) is 4.60. The molecule has 2 atom stereocenters. The fraction of sp³-hybridized carbons (Fsp3) is 0.684. The lowest BCUT2D eigenvalue weighted by atomic mass is 9.54. The molecular weight excluding hydrogens is 304 g/mol. The Morgan fingerprint density at radius 1 is 1.38 bits per heavy atom. The van der Waals surface area contributed by atoms with E-state index in [-0.39, 0.29) is 29.0 Å². The number of aromatic nitrogens is 1. The van der Waals surface area contributed by atoms with Gasteiger partial charge in [0.05, 0.1) is 6.10 Å². The molecule has 1 heterocycles. The Morgan fingerprint density at radius 2 is 2.08 bits per heavy atom. The van der Waals surface area contributed by atoms with E-state index in [9.17, 15) is 9.59 Å². The van der Waals surface area contributed by atoms with Crippen molar-refractivity contribution in [1.29, 1.82) is 0 Å². The quantitative estimate of drug-likeness (QED) is 0.851. The van der Waals surface area contributed by atoms with Gasteiger partial charge in [-0.15, -0.1) is 0 Å². The standard InChI is InChI=1S/C19H28N2O3/c1-4-24-16-13-15(19(16)9-6-5-7-10-19)21(3)18(23)14-8-11-20(2)17(22)12-14/h8,11-12,15-16H,4-7,9-10,13H2,1-3H3/t15-,16-/m0/s1. The summed E-state index contributed by atoms with van der Waals surface area (Å²) >= 11 is 0. The predicted octanol–water partition coefficient (Wildman–Crippen LogP) is 2.59. The third-order valence-corrected chi connectivity index (χ3v) is 6.03. The Labute approximate surface area is 143 Å². The lowest BCUT2D eigenvalue weighted by Gasteiger charge is -2.60. The van der Waals surface area contributed by atoms with E-state index in [4.69, 9.17) is 4.74 Å². The number of rotatable bonds is 4. The summed E-state index contributed by atoms with van der Waals surface area (Å²) in [5.74, 6) is -0.0578. The van der Waals surface area contributed by atoms with E-state index in [1.54, 1.807) is 19.3 Å². The Balaban J connectivity index is 1.80. The molecule has 1 spiro atoms. The van der Waals surface area contributed by atoms with Crippen molar-refractivity contribution in [3.05, 3.63) is 34.2 Å². The highest BCUT2D eigenvalue weighted by Crippen LogP contribution is 2.55. The van der Waals surface area contributed by atoms with Gasteiger partial charge in [-0.25, -0.2) is 0 Å². The van der Waals surface area contributed by atoms with Crippen LogP contribution in [0.25, 0.3) is 0 Å². The molecule has 2 saturated carbocycles. The van der Waals surface area contributed by atoms with E-state index in [0.29, 0.717) is 5.56 Å². The third kappa shape index (κ3) is 2.79. The molecule has 24 heavy (non-hydrogen) atoms. The average Bonchev–Trinajstić information content (AvgIpc) is 2.60. The number of nitrogens with zero attached hydrogens (tertiary/aromatic N) is 2. The van der Waals surface area contributed by atoms with Gasteiger partial charge in [0.15, 0.2) is 0 Å². The van der Waals surface area contributed by atoms with Gasteiger partial charge in [-0.2, -0.15) is 0 Å². The fourth-order valence-corrected chi connectivity index (χ4v) is 4.60. The van der Waals surface area contributed by atoms with Gasteiger partial charge in [-0.1, -0.05) is 19.3 Å². The van der Waals surface area contributed by atoms with Crippen LogP contribution in [0.3, 0.4) is 0 Å². The number of carbonyl (C=O) groups excluding carboxylic acids is 1. The molecule has 1 aromatic heterocycles. The molecule has 3 rings (SSSR count). The molecule has 0 saturated heterocycles. The minimum absolute atomic E-state index is 0.0578. The first-order valence-electron chi connectivity index (χ1n) is 9.05. The minimum atomic E-state index is -0.151. The van der Waals surface area contributed by atoms with E-state index in [2.05, 4.69) is 0 Å². The number of ether oxygens (including phenoxy) is 1. The highest BCUT2D eigenvalue weighted by atomic mass is 16.5. The monoisotopic (exact) mass is 332 g/mol. The van der Waals surface area contributed by atoms with Crippen molar-refractivity contribution in [3.8, 4) is 0 Å². The van der Waals surface area contributed by atoms with Gasteiger partial charge in [0.2, 0.25) is 0 Å². The van der Waals surface area contributed by atoms with E-state index in [1.165, 1.54) is 29.9 Å². The summed E-state index contributed by atoms with van der Waals surface area (Å²) in [5.41, 5.74) is 0.437. The number of hydrogen-bond acceptors (Lipinski definition) is 3. The van der Waals surface area contributed by atoms with Gasteiger partial charge >= 0.3 is 0 Å². The van der Waals surface area contributed by atoms with Gasteiger partial charge < -0.3 is 14.2 Å². The van der Waals surface area contributed by atoms with Crippen LogP contribution in [-0.2, 0) is 11.8 Å². The van der Waals surface area contributed by atoms with E-state index in [1.807, 2.05) is 18.9 Å². The zero-order chi connectivity index (χ0) is 17.3. The van der Waals surface area contributed by atoms with Gasteiger partial charge in [-0.05, 0) is 32.3 Å². The first kappa shape index (κ1) is 17.2. The molecule has 0 aliphatic heterocycles. The van der Waals surface area contributed by atoms with Crippen LogP contribution in [-0.4, -0.2) is 41.2 Å². The second-order valence-corrected chi connectivity index (χ2v) is 7.27. The van der Waals surface area contributed by atoms with Crippen LogP contribution in [0.2, 0.25) is 0 Å². The SMILES string of the molecule is CCO[C@H]1C[C@H](N(C)C(=O)c2ccn(C)c(=O)c2)C12CCCCC2. The van der Waals surface area contributed by atoms with Crippen molar-refractivity contribution >= 4 is 5.91 Å². The number of aryl methyl sites for hydroxylation is 1. The smallest absolute Gasteiger partial charge is 0.254 e. The second-order valence-electron chi connectivity index (χ2n) is 7.27. The van der Waals surface area contributed by atoms with Crippen LogP contribution in [0.4, 0.5) is 0 Å². The number of amides is 1. The molecule has 0 radical (unpaired) electrons. The normalized spacial score (nSPS) is 25.3. The molecule has 5 nitrogen and oxygen atoms in total. The predicted molar refractivity (Wildman–Crippen MR) is 93.1 cm³/mol. The highest BCUT2D eigenvalue weighted by Gasteiger charge is 2.57. The first-order valence-corrected chi connectivity index (χ1v) is 9.05. The third-order valence-electron chi connectivity index (χ3n) is 6.03. The van der Waals surface area contributed by atoms with Crippen LogP contribution in [0.1, 0.15) is 55.8 Å². The second kappa shape index (κ2) is 6.71. The molecule has 0 N–H and O–H groups in total. The maximum Gasteiger partial charge on any atom is 0.254 e. The Kier molecular flexibility index (Phi) is 4.81. The molecule has 0 bridgehead atoms. The zero-order valence-electron chi connectivity index (χ0n) is 15.0. The maximum atomic E-state index is 12.9. The topological polar surface area (TPSA) is 51.5 Å². The van der Waals surface area contributed by atoms with Crippen LogP contribution in [0.15, 0.2) is 23.1 Å². The number of carbonyl (C=O) groups is 1. The van der Waals surface area contributed by atoms with Gasteiger partial charge in [-0.3, -0.25) is 9.59 Å². The molecule has 2 aliphatic carbocycles. The molecule has 2 aliphatic rings. The van der Waals surface area contributed by atoms with Crippen molar-refractivity contribution in [3.63, 3.8) is 0 Å². The van der Waals surface area contributed by atoms with Gasteiger partial charge in [0, 0.05) is 50.0 Å². The van der Waals surface area contributed by atoms with E-state index >= 15 is 0 Å². The number of pyridine rings is 1. The van der Waals surface area contributed by atoms with Crippen molar-refractivity contribution < 1.29 is 9.53 Å². The largest absolute Gasteiger partial charge is 0.378 e. The summed E-state index contributed by atoms with van der Waals surface area (Å²) in [4.78, 5) is 26.6. The van der Waals surface area contributed by atoms with Crippen molar-refractivity contribution in [1.82, 2.24) is 9.47 Å². The molecule has 2 fully saturated rings. The maximum absolute atomic E-state index is 12.9. The highest BCUT2D eigenvalue weighted by molar-refractivity contribution is 5.94. The van der Waals surface area contributed by atoms with E-state index < -0.39 is 0 Å². The molecule has 0 unspecified atom stereocenters. The van der Waals surface area contributed by atoms with Crippen molar-refractivity contribution in [2.24, 2.45) is 12.5 Å². The zero-order valence-corrected chi connectivity index (χ0v) is 15.0. The average molecular weight is 332 g/mol. The molecule has 5 heteroatoms. The lowest BCUT2D eigenvalue weighted by molar-refractivity contribution is -0.170. The van der Waals surface area contributed by atoms with Gasteiger partial charge in [0.1, 0.15) is 0 Å².